The minimum Gasteiger partial charge on any atom is -0.369 e. The van der Waals surface area contributed by atoms with Crippen molar-refractivity contribution in [1.29, 1.82) is 0 Å². The number of rotatable bonds is 5. The number of piperidine rings is 2. The van der Waals surface area contributed by atoms with Crippen LogP contribution in [0.1, 0.15) is 32.1 Å². The highest BCUT2D eigenvalue weighted by Crippen LogP contribution is 2.22. The molecule has 0 radical (unpaired) electrons. The predicted molar refractivity (Wildman–Crippen MR) is 91.0 cm³/mol. The van der Waals surface area contributed by atoms with Crippen molar-refractivity contribution in [3.8, 4) is 0 Å². The van der Waals surface area contributed by atoms with Gasteiger partial charge in [0.25, 0.3) is 0 Å². The molecular weight excluding hydrogens is 308 g/mol. The average Bonchev–Trinajstić information content (AvgIpc) is 2.55. The van der Waals surface area contributed by atoms with Crippen LogP contribution >= 0.6 is 0 Å². The van der Waals surface area contributed by atoms with E-state index in [0.29, 0.717) is 18.9 Å². The monoisotopic (exact) mass is 338 g/mol. The van der Waals surface area contributed by atoms with Gasteiger partial charge in [0.2, 0.25) is 17.7 Å². The molecule has 0 aliphatic carbocycles. The van der Waals surface area contributed by atoms with Crippen LogP contribution in [0.5, 0.6) is 0 Å². The summed E-state index contributed by atoms with van der Waals surface area (Å²) in [5.41, 5.74) is 5.34. The zero-order valence-electron chi connectivity index (χ0n) is 14.9. The first kappa shape index (κ1) is 18.7. The maximum Gasteiger partial charge on any atom is 0.236 e. The summed E-state index contributed by atoms with van der Waals surface area (Å²) in [4.78, 5) is 41.0. The first-order valence-electron chi connectivity index (χ1n) is 8.86. The number of nitrogens with zero attached hydrogens (tertiary/aromatic N) is 3. The molecular formula is C17H30N4O3. The molecule has 2 aliphatic heterocycles. The van der Waals surface area contributed by atoms with Crippen LogP contribution in [-0.2, 0) is 14.4 Å². The summed E-state index contributed by atoms with van der Waals surface area (Å²) in [6, 6.07) is 0. The van der Waals surface area contributed by atoms with Gasteiger partial charge in [-0.15, -0.1) is 0 Å². The normalized spacial score (nSPS) is 20.8. The molecule has 2 saturated heterocycles. The van der Waals surface area contributed by atoms with Gasteiger partial charge in [-0.3, -0.25) is 19.3 Å². The Morgan fingerprint density at radius 2 is 1.58 bits per heavy atom. The summed E-state index contributed by atoms with van der Waals surface area (Å²) in [7, 11) is 3.56. The number of carbonyl (C=O) groups excluding carboxylic acids is 3. The Hall–Kier alpha value is -1.63. The number of hydrogen-bond donors (Lipinski definition) is 1. The molecule has 0 aromatic heterocycles. The molecule has 0 atom stereocenters. The third-order valence-corrected chi connectivity index (χ3v) is 5.28. The highest BCUT2D eigenvalue weighted by Gasteiger charge is 2.28. The number of carbonyl (C=O) groups is 3. The first-order chi connectivity index (χ1) is 11.4. The van der Waals surface area contributed by atoms with E-state index in [1.165, 1.54) is 0 Å². The zero-order valence-corrected chi connectivity index (χ0v) is 14.9. The third kappa shape index (κ3) is 5.19. The number of primary amides is 1. The van der Waals surface area contributed by atoms with Gasteiger partial charge in [-0.05, 0) is 44.7 Å². The molecule has 0 unspecified atom stereocenters. The maximum atomic E-state index is 12.4. The standard InChI is InChI=1S/C17H30N4O3/c1-19(2)15(22)11-13-3-9-21(10-4-13)16(23)12-20-7-5-14(6-8-20)17(18)24/h13-14H,3-12H2,1-2H3,(H2,18,24). The largest absolute Gasteiger partial charge is 0.369 e. The molecule has 2 aliphatic rings. The minimum absolute atomic E-state index is 0.0404. The highest BCUT2D eigenvalue weighted by atomic mass is 16.2. The van der Waals surface area contributed by atoms with Gasteiger partial charge in [-0.1, -0.05) is 0 Å². The van der Waals surface area contributed by atoms with Gasteiger partial charge in [0, 0.05) is 39.5 Å². The molecule has 24 heavy (non-hydrogen) atoms. The molecule has 2 heterocycles. The van der Waals surface area contributed by atoms with Crippen LogP contribution in [-0.4, -0.2) is 79.2 Å². The van der Waals surface area contributed by atoms with Gasteiger partial charge in [-0.25, -0.2) is 0 Å². The molecule has 7 heteroatoms. The van der Waals surface area contributed by atoms with Crippen molar-refractivity contribution in [3.05, 3.63) is 0 Å². The molecule has 7 nitrogen and oxygen atoms in total. The Kier molecular flexibility index (Phi) is 6.60. The van der Waals surface area contributed by atoms with Crippen molar-refractivity contribution < 1.29 is 14.4 Å². The Balaban J connectivity index is 1.70. The summed E-state index contributed by atoms with van der Waals surface area (Å²) in [5.74, 6) is 0.439. The second-order valence-electron chi connectivity index (χ2n) is 7.27. The molecule has 3 amide bonds. The van der Waals surface area contributed by atoms with Gasteiger partial charge in [0.15, 0.2) is 0 Å². The Bertz CT molecular complexity index is 464. The Labute approximate surface area is 144 Å². The molecule has 136 valence electrons. The molecule has 0 aromatic rings. The van der Waals surface area contributed by atoms with E-state index < -0.39 is 0 Å². The van der Waals surface area contributed by atoms with Crippen LogP contribution < -0.4 is 5.73 Å². The number of hydrogen-bond acceptors (Lipinski definition) is 4. The van der Waals surface area contributed by atoms with Crippen molar-refractivity contribution in [2.45, 2.75) is 32.1 Å². The molecule has 0 bridgehead atoms. The fourth-order valence-corrected chi connectivity index (χ4v) is 3.48. The minimum atomic E-state index is -0.227. The van der Waals surface area contributed by atoms with Crippen molar-refractivity contribution in [1.82, 2.24) is 14.7 Å². The van der Waals surface area contributed by atoms with Crippen LogP contribution in [0, 0.1) is 11.8 Å². The summed E-state index contributed by atoms with van der Waals surface area (Å²) >= 11 is 0. The van der Waals surface area contributed by atoms with Crippen LogP contribution in [0.4, 0.5) is 0 Å². The lowest BCUT2D eigenvalue weighted by Crippen LogP contribution is -2.47. The first-order valence-corrected chi connectivity index (χ1v) is 8.86. The quantitative estimate of drug-likeness (QED) is 0.758. The van der Waals surface area contributed by atoms with Crippen molar-refractivity contribution >= 4 is 17.7 Å². The van der Waals surface area contributed by atoms with Crippen LogP contribution in [0.25, 0.3) is 0 Å². The molecule has 0 saturated carbocycles. The summed E-state index contributed by atoms with van der Waals surface area (Å²) in [6.07, 6.45) is 3.87. The second-order valence-corrected chi connectivity index (χ2v) is 7.27. The van der Waals surface area contributed by atoms with E-state index in [0.717, 1.165) is 51.9 Å². The maximum absolute atomic E-state index is 12.4. The van der Waals surface area contributed by atoms with Crippen molar-refractivity contribution in [2.24, 2.45) is 17.6 Å². The van der Waals surface area contributed by atoms with Crippen molar-refractivity contribution in [2.75, 3.05) is 46.8 Å². The average molecular weight is 338 g/mol. The fourth-order valence-electron chi connectivity index (χ4n) is 3.48. The lowest BCUT2D eigenvalue weighted by molar-refractivity contribution is -0.134. The van der Waals surface area contributed by atoms with E-state index >= 15 is 0 Å². The third-order valence-electron chi connectivity index (χ3n) is 5.28. The van der Waals surface area contributed by atoms with E-state index in [2.05, 4.69) is 4.90 Å². The summed E-state index contributed by atoms with van der Waals surface area (Å²) < 4.78 is 0. The lowest BCUT2D eigenvalue weighted by atomic mass is 9.93. The molecule has 0 aromatic carbocycles. The second kappa shape index (κ2) is 8.46. The van der Waals surface area contributed by atoms with E-state index in [4.69, 9.17) is 5.73 Å². The number of likely N-dealkylation sites (tertiary alicyclic amines) is 2. The molecule has 2 N–H and O–H groups in total. The Morgan fingerprint density at radius 3 is 2.08 bits per heavy atom. The van der Waals surface area contributed by atoms with Crippen LogP contribution in [0.3, 0.4) is 0 Å². The summed E-state index contributed by atoms with van der Waals surface area (Å²) in [6.45, 7) is 3.41. The van der Waals surface area contributed by atoms with Gasteiger partial charge in [0.05, 0.1) is 6.54 Å². The SMILES string of the molecule is CN(C)C(=O)CC1CCN(C(=O)CN2CCC(C(N)=O)CC2)CC1. The summed E-state index contributed by atoms with van der Waals surface area (Å²) in [5, 5.41) is 0. The van der Waals surface area contributed by atoms with E-state index in [1.54, 1.807) is 19.0 Å². The zero-order chi connectivity index (χ0) is 17.7. The number of nitrogens with two attached hydrogens (primary N) is 1. The van der Waals surface area contributed by atoms with E-state index in [9.17, 15) is 14.4 Å². The van der Waals surface area contributed by atoms with Gasteiger partial charge in [0.1, 0.15) is 0 Å². The van der Waals surface area contributed by atoms with Crippen LogP contribution in [0.2, 0.25) is 0 Å². The lowest BCUT2D eigenvalue weighted by Gasteiger charge is -2.35. The molecule has 2 fully saturated rings. The van der Waals surface area contributed by atoms with Crippen molar-refractivity contribution in [3.63, 3.8) is 0 Å². The van der Waals surface area contributed by atoms with Crippen LogP contribution in [0.15, 0.2) is 0 Å². The van der Waals surface area contributed by atoms with E-state index in [1.807, 2.05) is 4.90 Å². The molecule has 2 rings (SSSR count). The smallest absolute Gasteiger partial charge is 0.236 e. The number of amides is 3. The van der Waals surface area contributed by atoms with Gasteiger partial charge < -0.3 is 15.5 Å². The fraction of sp³-hybridized carbons (Fsp3) is 0.824. The topological polar surface area (TPSA) is 87.0 Å². The molecule has 0 spiro atoms. The van der Waals surface area contributed by atoms with Gasteiger partial charge in [-0.2, -0.15) is 0 Å². The Morgan fingerprint density at radius 1 is 1.00 bits per heavy atom. The van der Waals surface area contributed by atoms with E-state index in [-0.39, 0.29) is 23.6 Å². The highest BCUT2D eigenvalue weighted by molar-refractivity contribution is 5.79. The predicted octanol–water partition coefficient (Wildman–Crippen LogP) is -0.0994. The van der Waals surface area contributed by atoms with Gasteiger partial charge >= 0.3 is 0 Å².